The number of benzene rings is 1. The summed E-state index contributed by atoms with van der Waals surface area (Å²) in [6.07, 6.45) is 3.46. The van der Waals surface area contributed by atoms with Crippen molar-refractivity contribution in [2.75, 3.05) is 27.3 Å². The van der Waals surface area contributed by atoms with E-state index >= 15 is 0 Å². The molecular formula is C21H26N4O4. The Kier molecular flexibility index (Phi) is 7.02. The van der Waals surface area contributed by atoms with Crippen LogP contribution in [-0.4, -0.2) is 55.0 Å². The fraction of sp³-hybridized carbons (Fsp3) is 0.381. The summed E-state index contributed by atoms with van der Waals surface area (Å²) in [4.78, 5) is 30.9. The Morgan fingerprint density at radius 2 is 1.93 bits per heavy atom. The van der Waals surface area contributed by atoms with Gasteiger partial charge in [-0.3, -0.25) is 19.5 Å². The van der Waals surface area contributed by atoms with E-state index in [0.29, 0.717) is 37.7 Å². The van der Waals surface area contributed by atoms with Crippen LogP contribution in [0.1, 0.15) is 17.5 Å². The fourth-order valence-electron chi connectivity index (χ4n) is 3.34. The van der Waals surface area contributed by atoms with Crippen molar-refractivity contribution in [3.63, 3.8) is 0 Å². The van der Waals surface area contributed by atoms with E-state index in [9.17, 15) is 9.59 Å². The molecule has 1 aromatic carbocycles. The molecule has 1 fully saturated rings. The van der Waals surface area contributed by atoms with Gasteiger partial charge in [0.25, 0.3) is 0 Å². The Hall–Kier alpha value is -3.13. The fourth-order valence-corrected chi connectivity index (χ4v) is 3.34. The number of carbonyl (C=O) groups excluding carboxylic acids is 2. The number of carbonyl (C=O) groups is 2. The molecule has 1 unspecified atom stereocenters. The normalized spacial score (nSPS) is 16.8. The summed E-state index contributed by atoms with van der Waals surface area (Å²) < 4.78 is 10.6. The van der Waals surface area contributed by atoms with Crippen LogP contribution in [0.15, 0.2) is 42.7 Å². The smallest absolute Gasteiger partial charge is 0.237 e. The van der Waals surface area contributed by atoms with Gasteiger partial charge in [-0.05, 0) is 35.4 Å². The summed E-state index contributed by atoms with van der Waals surface area (Å²) in [7, 11) is 3.18. The van der Waals surface area contributed by atoms with E-state index in [-0.39, 0.29) is 18.2 Å². The number of piperazine rings is 1. The third-order valence-electron chi connectivity index (χ3n) is 4.89. The molecule has 2 amide bonds. The van der Waals surface area contributed by atoms with E-state index in [1.165, 1.54) is 0 Å². The third kappa shape index (κ3) is 5.45. The number of hydrogen-bond donors (Lipinski definition) is 2. The second kappa shape index (κ2) is 9.88. The maximum Gasteiger partial charge on any atom is 0.237 e. The number of hydrogen-bond acceptors (Lipinski definition) is 6. The first kappa shape index (κ1) is 20.6. The quantitative estimate of drug-likeness (QED) is 0.692. The van der Waals surface area contributed by atoms with Gasteiger partial charge in [0, 0.05) is 38.6 Å². The number of pyridine rings is 1. The standard InChI is InChI=1S/C21H26N4O4/c1-28-18-4-3-16(11-19(18)29-2)14-25-10-9-23-21(27)17(25)12-20(26)24-13-15-5-7-22-8-6-15/h3-8,11,17H,9-10,12-14H2,1-2H3,(H,23,27)(H,24,26). The van der Waals surface area contributed by atoms with Crippen LogP contribution in [0.5, 0.6) is 11.5 Å². The summed E-state index contributed by atoms with van der Waals surface area (Å²) in [5.74, 6) is 0.995. The van der Waals surface area contributed by atoms with Crippen LogP contribution in [0, 0.1) is 0 Å². The van der Waals surface area contributed by atoms with E-state index < -0.39 is 6.04 Å². The number of ether oxygens (including phenoxy) is 2. The van der Waals surface area contributed by atoms with Gasteiger partial charge in [-0.1, -0.05) is 6.07 Å². The van der Waals surface area contributed by atoms with Gasteiger partial charge in [-0.15, -0.1) is 0 Å². The lowest BCUT2D eigenvalue weighted by Gasteiger charge is -2.34. The largest absolute Gasteiger partial charge is 0.493 e. The van der Waals surface area contributed by atoms with Gasteiger partial charge in [0.05, 0.1) is 26.7 Å². The molecule has 0 bridgehead atoms. The van der Waals surface area contributed by atoms with Gasteiger partial charge >= 0.3 is 0 Å². The van der Waals surface area contributed by atoms with Crippen LogP contribution in [0.25, 0.3) is 0 Å². The molecule has 1 saturated heterocycles. The first-order valence-electron chi connectivity index (χ1n) is 9.49. The Balaban J connectivity index is 1.64. The van der Waals surface area contributed by atoms with Crippen molar-refractivity contribution in [2.45, 2.75) is 25.6 Å². The molecule has 1 aliphatic rings. The number of amides is 2. The maximum absolute atomic E-state index is 12.4. The Bertz CT molecular complexity index is 844. The van der Waals surface area contributed by atoms with Crippen molar-refractivity contribution in [3.8, 4) is 11.5 Å². The van der Waals surface area contributed by atoms with Gasteiger partial charge in [-0.2, -0.15) is 0 Å². The molecule has 1 atom stereocenters. The molecule has 0 aliphatic carbocycles. The minimum atomic E-state index is -0.519. The predicted octanol–water partition coefficient (Wildman–Crippen LogP) is 1.11. The molecule has 0 radical (unpaired) electrons. The molecule has 8 nitrogen and oxygen atoms in total. The second-order valence-electron chi connectivity index (χ2n) is 6.80. The highest BCUT2D eigenvalue weighted by atomic mass is 16.5. The van der Waals surface area contributed by atoms with Crippen LogP contribution >= 0.6 is 0 Å². The van der Waals surface area contributed by atoms with Crippen molar-refractivity contribution in [3.05, 3.63) is 53.9 Å². The average Bonchev–Trinajstić information content (AvgIpc) is 2.75. The van der Waals surface area contributed by atoms with Gasteiger partial charge in [0.15, 0.2) is 11.5 Å². The number of nitrogens with zero attached hydrogens (tertiary/aromatic N) is 2. The number of methoxy groups -OCH3 is 2. The van der Waals surface area contributed by atoms with Crippen LogP contribution in [0.3, 0.4) is 0 Å². The summed E-state index contributed by atoms with van der Waals surface area (Å²) in [6, 6.07) is 8.84. The molecule has 2 aromatic rings. The third-order valence-corrected chi connectivity index (χ3v) is 4.89. The minimum Gasteiger partial charge on any atom is -0.493 e. The van der Waals surface area contributed by atoms with Crippen LogP contribution in [0.4, 0.5) is 0 Å². The number of nitrogens with one attached hydrogen (secondary N) is 2. The molecule has 1 aliphatic heterocycles. The van der Waals surface area contributed by atoms with Gasteiger partial charge in [0.1, 0.15) is 0 Å². The average molecular weight is 398 g/mol. The van der Waals surface area contributed by atoms with Crippen LogP contribution in [0.2, 0.25) is 0 Å². The van der Waals surface area contributed by atoms with Gasteiger partial charge in [0.2, 0.25) is 11.8 Å². The monoisotopic (exact) mass is 398 g/mol. The molecular weight excluding hydrogens is 372 g/mol. The molecule has 154 valence electrons. The molecule has 29 heavy (non-hydrogen) atoms. The topological polar surface area (TPSA) is 92.8 Å². The van der Waals surface area contributed by atoms with E-state index in [0.717, 1.165) is 11.1 Å². The first-order chi connectivity index (χ1) is 14.1. The van der Waals surface area contributed by atoms with Gasteiger partial charge < -0.3 is 20.1 Å². The highest BCUT2D eigenvalue weighted by molar-refractivity contribution is 5.88. The zero-order valence-corrected chi connectivity index (χ0v) is 16.7. The molecule has 0 spiro atoms. The molecule has 1 aromatic heterocycles. The van der Waals surface area contributed by atoms with Crippen molar-refractivity contribution in [2.24, 2.45) is 0 Å². The van der Waals surface area contributed by atoms with E-state index in [1.54, 1.807) is 26.6 Å². The Morgan fingerprint density at radius 3 is 2.66 bits per heavy atom. The summed E-state index contributed by atoms with van der Waals surface area (Å²) >= 11 is 0. The molecule has 2 N–H and O–H groups in total. The van der Waals surface area contributed by atoms with Crippen LogP contribution in [-0.2, 0) is 22.7 Å². The van der Waals surface area contributed by atoms with Crippen LogP contribution < -0.4 is 20.1 Å². The second-order valence-corrected chi connectivity index (χ2v) is 6.80. The predicted molar refractivity (Wildman–Crippen MR) is 107 cm³/mol. The zero-order valence-electron chi connectivity index (χ0n) is 16.7. The minimum absolute atomic E-state index is 0.101. The summed E-state index contributed by atoms with van der Waals surface area (Å²) in [5, 5.41) is 5.73. The summed E-state index contributed by atoms with van der Waals surface area (Å²) in [6.45, 7) is 2.17. The van der Waals surface area contributed by atoms with Crippen molar-refractivity contribution >= 4 is 11.8 Å². The lowest BCUT2D eigenvalue weighted by atomic mass is 10.1. The highest BCUT2D eigenvalue weighted by Gasteiger charge is 2.31. The summed E-state index contributed by atoms with van der Waals surface area (Å²) in [5.41, 5.74) is 1.95. The molecule has 0 saturated carbocycles. The Labute approximate surface area is 170 Å². The zero-order chi connectivity index (χ0) is 20.6. The molecule has 8 heteroatoms. The van der Waals surface area contributed by atoms with E-state index in [4.69, 9.17) is 9.47 Å². The molecule has 2 heterocycles. The van der Waals surface area contributed by atoms with E-state index in [2.05, 4.69) is 15.6 Å². The number of aromatic nitrogens is 1. The molecule has 3 rings (SSSR count). The van der Waals surface area contributed by atoms with Crippen molar-refractivity contribution in [1.82, 2.24) is 20.5 Å². The van der Waals surface area contributed by atoms with E-state index in [1.807, 2.05) is 35.2 Å². The highest BCUT2D eigenvalue weighted by Crippen LogP contribution is 2.28. The lowest BCUT2D eigenvalue weighted by Crippen LogP contribution is -2.56. The van der Waals surface area contributed by atoms with Crippen molar-refractivity contribution in [1.29, 1.82) is 0 Å². The maximum atomic E-state index is 12.4. The lowest BCUT2D eigenvalue weighted by molar-refractivity contribution is -0.134. The first-order valence-corrected chi connectivity index (χ1v) is 9.49. The SMILES string of the molecule is COc1ccc(CN2CCNC(=O)C2CC(=O)NCc2ccncc2)cc1OC. The van der Waals surface area contributed by atoms with Gasteiger partial charge in [-0.25, -0.2) is 0 Å². The van der Waals surface area contributed by atoms with Crippen molar-refractivity contribution < 1.29 is 19.1 Å². The Morgan fingerprint density at radius 1 is 1.17 bits per heavy atom. The number of rotatable bonds is 8.